The summed E-state index contributed by atoms with van der Waals surface area (Å²) < 4.78 is 14.9. The molecule has 1 aromatic carbocycles. The summed E-state index contributed by atoms with van der Waals surface area (Å²) >= 11 is 0. The number of aromatic nitrogens is 3. The molecule has 10 heteroatoms. The number of anilines is 3. The van der Waals surface area contributed by atoms with Crippen LogP contribution in [-0.2, 0) is 5.54 Å². The van der Waals surface area contributed by atoms with Crippen molar-refractivity contribution in [3.8, 4) is 12.1 Å². The number of amides is 1. The van der Waals surface area contributed by atoms with Crippen LogP contribution in [0.2, 0.25) is 0 Å². The number of nitrogens with one attached hydrogen (secondary N) is 1. The molecule has 3 N–H and O–H groups in total. The number of primary amides is 1. The molecule has 2 aromatic heterocycles. The van der Waals surface area contributed by atoms with E-state index in [0.29, 0.717) is 43.1 Å². The second kappa shape index (κ2) is 8.97. The third kappa shape index (κ3) is 4.46. The minimum absolute atomic E-state index is 0.183. The van der Waals surface area contributed by atoms with Crippen molar-refractivity contribution < 1.29 is 9.18 Å². The van der Waals surface area contributed by atoms with Gasteiger partial charge in [-0.3, -0.25) is 9.48 Å². The number of nitrogens with zero attached hydrogens (tertiary/aromatic N) is 6. The van der Waals surface area contributed by atoms with Gasteiger partial charge in [0, 0.05) is 25.0 Å². The second-order valence-electron chi connectivity index (χ2n) is 7.87. The molecule has 0 saturated carbocycles. The van der Waals surface area contributed by atoms with Gasteiger partial charge in [-0.05, 0) is 49.2 Å². The predicted octanol–water partition coefficient (Wildman–Crippen LogP) is 3.04. The number of halogens is 1. The molecular weight excluding hydrogens is 423 g/mol. The van der Waals surface area contributed by atoms with Gasteiger partial charge in [0.05, 0.1) is 18.0 Å². The van der Waals surface area contributed by atoms with Crippen molar-refractivity contribution in [2.75, 3.05) is 23.3 Å². The summed E-state index contributed by atoms with van der Waals surface area (Å²) in [4.78, 5) is 18.5. The summed E-state index contributed by atoms with van der Waals surface area (Å²) in [6, 6.07) is 15.2. The number of hydrogen-bond acceptors (Lipinski definition) is 7. The third-order valence-corrected chi connectivity index (χ3v) is 5.85. The maximum absolute atomic E-state index is 13.2. The Bertz CT molecular complexity index is 1250. The van der Waals surface area contributed by atoms with Gasteiger partial charge in [0.1, 0.15) is 29.0 Å². The fourth-order valence-electron chi connectivity index (χ4n) is 4.01. The van der Waals surface area contributed by atoms with Gasteiger partial charge in [-0.25, -0.2) is 9.37 Å². The first-order valence-electron chi connectivity index (χ1n) is 10.4. The molecular formula is C23H21FN8O. The Morgan fingerprint density at radius 3 is 2.55 bits per heavy atom. The molecule has 0 spiro atoms. The Morgan fingerprint density at radius 2 is 1.91 bits per heavy atom. The van der Waals surface area contributed by atoms with E-state index in [1.165, 1.54) is 24.3 Å². The molecule has 166 valence electrons. The van der Waals surface area contributed by atoms with Crippen LogP contribution in [0.3, 0.4) is 0 Å². The van der Waals surface area contributed by atoms with Crippen LogP contribution in [0.1, 0.15) is 35.3 Å². The Labute approximate surface area is 189 Å². The average Bonchev–Trinajstić information content (AvgIpc) is 3.26. The quantitative estimate of drug-likeness (QED) is 0.596. The molecule has 0 atom stereocenters. The highest BCUT2D eigenvalue weighted by Gasteiger charge is 2.38. The summed E-state index contributed by atoms with van der Waals surface area (Å²) in [7, 11) is 0. The highest BCUT2D eigenvalue weighted by atomic mass is 19.1. The minimum atomic E-state index is -0.659. The first-order chi connectivity index (χ1) is 15.9. The van der Waals surface area contributed by atoms with E-state index < -0.39 is 11.4 Å². The summed E-state index contributed by atoms with van der Waals surface area (Å²) in [5.41, 5.74) is 6.02. The van der Waals surface area contributed by atoms with Crippen molar-refractivity contribution in [2.24, 2.45) is 5.73 Å². The lowest BCUT2D eigenvalue weighted by Gasteiger charge is -2.41. The maximum Gasteiger partial charge on any atom is 0.254 e. The van der Waals surface area contributed by atoms with Gasteiger partial charge >= 0.3 is 0 Å². The summed E-state index contributed by atoms with van der Waals surface area (Å²) in [6.07, 6.45) is 2.92. The van der Waals surface area contributed by atoms with E-state index in [-0.39, 0.29) is 23.6 Å². The van der Waals surface area contributed by atoms with Crippen molar-refractivity contribution in [3.63, 3.8) is 0 Å². The van der Waals surface area contributed by atoms with Crippen LogP contribution in [0.25, 0.3) is 0 Å². The van der Waals surface area contributed by atoms with Crippen molar-refractivity contribution in [1.82, 2.24) is 14.8 Å². The predicted molar refractivity (Wildman–Crippen MR) is 119 cm³/mol. The largest absolute Gasteiger partial charge is 0.365 e. The smallest absolute Gasteiger partial charge is 0.254 e. The maximum atomic E-state index is 13.2. The normalized spacial score (nSPS) is 14.8. The lowest BCUT2D eigenvalue weighted by molar-refractivity contribution is 0.100. The molecule has 0 bridgehead atoms. The van der Waals surface area contributed by atoms with Gasteiger partial charge in [-0.1, -0.05) is 6.07 Å². The fraction of sp³-hybridized carbons (Fsp3) is 0.261. The van der Waals surface area contributed by atoms with Crippen LogP contribution < -0.4 is 16.0 Å². The molecule has 0 unspecified atom stereocenters. The van der Waals surface area contributed by atoms with Crippen LogP contribution >= 0.6 is 0 Å². The van der Waals surface area contributed by atoms with Crippen molar-refractivity contribution >= 4 is 23.2 Å². The molecule has 1 fully saturated rings. The monoisotopic (exact) mass is 444 g/mol. The number of carbonyl (C=O) groups is 1. The number of benzene rings is 1. The highest BCUT2D eigenvalue weighted by Crippen LogP contribution is 2.36. The molecule has 3 aromatic rings. The van der Waals surface area contributed by atoms with Crippen LogP contribution in [0.4, 0.5) is 21.7 Å². The van der Waals surface area contributed by atoms with E-state index in [9.17, 15) is 14.4 Å². The van der Waals surface area contributed by atoms with Crippen LogP contribution in [0, 0.1) is 28.5 Å². The Hall–Kier alpha value is -4.44. The van der Waals surface area contributed by atoms with Crippen molar-refractivity contribution in [3.05, 3.63) is 65.7 Å². The van der Waals surface area contributed by atoms with Crippen molar-refractivity contribution in [1.29, 1.82) is 10.5 Å². The summed E-state index contributed by atoms with van der Waals surface area (Å²) in [6.45, 7) is 1.19. The zero-order valence-electron chi connectivity index (χ0n) is 17.7. The molecule has 1 saturated heterocycles. The summed E-state index contributed by atoms with van der Waals surface area (Å²) in [5, 5.41) is 26.2. The highest BCUT2D eigenvalue weighted by molar-refractivity contribution is 5.98. The van der Waals surface area contributed by atoms with Crippen LogP contribution in [-0.4, -0.2) is 33.8 Å². The summed E-state index contributed by atoms with van der Waals surface area (Å²) in [5.74, 6) is -0.0857. The van der Waals surface area contributed by atoms with Gasteiger partial charge < -0.3 is 16.0 Å². The van der Waals surface area contributed by atoms with Gasteiger partial charge in [-0.15, -0.1) is 0 Å². The van der Waals surface area contributed by atoms with Gasteiger partial charge in [-0.2, -0.15) is 15.6 Å². The fourth-order valence-corrected chi connectivity index (χ4v) is 4.01. The number of hydrogen-bond donors (Lipinski definition) is 2. The number of nitrogens with two attached hydrogens (primary N) is 1. The third-order valence-electron chi connectivity index (χ3n) is 5.85. The molecule has 9 nitrogen and oxygen atoms in total. The SMILES string of the molecule is N#CCC1(n2cc(C(N)=O)c(Nc3ccc(F)cc3)n2)CCN(c2cccc(C#N)n2)CC1. The molecule has 3 heterocycles. The van der Waals surface area contributed by atoms with E-state index in [0.717, 1.165) is 0 Å². The topological polar surface area (TPSA) is 137 Å². The van der Waals surface area contributed by atoms with Gasteiger partial charge in [0.15, 0.2) is 5.82 Å². The van der Waals surface area contributed by atoms with E-state index in [1.54, 1.807) is 23.0 Å². The van der Waals surface area contributed by atoms with E-state index >= 15 is 0 Å². The number of pyridine rings is 1. The number of carbonyl (C=O) groups excluding carboxylic acids is 1. The molecule has 0 aliphatic carbocycles. The standard InChI is InChI=1S/C23H21FN8O/c24-16-4-6-17(7-5-16)29-22-19(21(27)33)15-32(30-22)23(8-11-25)9-12-31(13-10-23)20-3-1-2-18(14-26)28-20/h1-7,15H,8-10,12-13H2,(H2,27,33)(H,29,30). The lowest BCUT2D eigenvalue weighted by Crippen LogP contribution is -2.46. The zero-order valence-corrected chi connectivity index (χ0v) is 17.7. The first kappa shape index (κ1) is 21.8. The molecule has 1 aliphatic rings. The van der Waals surface area contributed by atoms with Gasteiger partial charge in [0.25, 0.3) is 5.91 Å². The average molecular weight is 444 g/mol. The molecule has 0 radical (unpaired) electrons. The Balaban J connectivity index is 1.61. The number of rotatable bonds is 6. The molecule has 33 heavy (non-hydrogen) atoms. The van der Waals surface area contributed by atoms with Crippen LogP contribution in [0.5, 0.6) is 0 Å². The van der Waals surface area contributed by atoms with Gasteiger partial charge in [0.2, 0.25) is 0 Å². The molecule has 1 amide bonds. The van der Waals surface area contributed by atoms with E-state index in [1.807, 2.05) is 12.1 Å². The number of piperidine rings is 1. The minimum Gasteiger partial charge on any atom is -0.365 e. The first-order valence-corrected chi connectivity index (χ1v) is 10.4. The molecule has 1 aliphatic heterocycles. The molecule has 4 rings (SSSR count). The number of nitriles is 2. The Morgan fingerprint density at radius 1 is 1.18 bits per heavy atom. The zero-order chi connectivity index (χ0) is 23.4. The van der Waals surface area contributed by atoms with E-state index in [4.69, 9.17) is 11.0 Å². The van der Waals surface area contributed by atoms with Crippen molar-refractivity contribution in [2.45, 2.75) is 24.8 Å². The van der Waals surface area contributed by atoms with Crippen LogP contribution in [0.15, 0.2) is 48.7 Å². The van der Waals surface area contributed by atoms with E-state index in [2.05, 4.69) is 26.4 Å². The second-order valence-corrected chi connectivity index (χ2v) is 7.87. The Kier molecular flexibility index (Phi) is 5.92. The lowest BCUT2D eigenvalue weighted by atomic mass is 9.85.